The largest absolute Gasteiger partial charge is 0.349 e. The van der Waals surface area contributed by atoms with Gasteiger partial charge in [-0.25, -0.2) is 4.79 Å². The molecule has 4 heterocycles. The lowest BCUT2D eigenvalue weighted by Crippen LogP contribution is -2.32. The molecule has 0 bridgehead atoms. The lowest BCUT2D eigenvalue weighted by molar-refractivity contribution is -0.197. The van der Waals surface area contributed by atoms with E-state index < -0.39 is 17.8 Å². The van der Waals surface area contributed by atoms with Gasteiger partial charge in [-0.1, -0.05) is 0 Å². The molecule has 124 valence electrons. The van der Waals surface area contributed by atoms with E-state index in [9.17, 15) is 14.4 Å². The Kier molecular flexibility index (Phi) is 3.48. The molecule has 1 saturated heterocycles. The first-order valence-corrected chi connectivity index (χ1v) is 7.98. The van der Waals surface area contributed by atoms with Crippen molar-refractivity contribution < 1.29 is 19.2 Å². The molecule has 1 aromatic rings. The number of hydrogen-bond acceptors (Lipinski definition) is 5. The summed E-state index contributed by atoms with van der Waals surface area (Å²) in [6.07, 6.45) is 7.19. The fourth-order valence-electron chi connectivity index (χ4n) is 3.19. The first-order valence-electron chi connectivity index (χ1n) is 7.98. The molecule has 0 saturated carbocycles. The number of nitrogens with zero attached hydrogens (tertiary/aromatic N) is 3. The van der Waals surface area contributed by atoms with Crippen molar-refractivity contribution in [1.82, 2.24) is 14.5 Å². The highest BCUT2D eigenvalue weighted by Gasteiger charge is 2.33. The number of amides is 2. The van der Waals surface area contributed by atoms with E-state index in [4.69, 9.17) is 4.84 Å². The van der Waals surface area contributed by atoms with Gasteiger partial charge in [0.1, 0.15) is 0 Å². The molecule has 3 aliphatic rings. The number of allylic oxidation sites excluding steroid dienone is 1. The molecule has 4 rings (SSSR count). The molecule has 0 unspecified atom stereocenters. The van der Waals surface area contributed by atoms with Crippen LogP contribution < -0.4 is 0 Å². The summed E-state index contributed by atoms with van der Waals surface area (Å²) in [6, 6.07) is 4.09. The van der Waals surface area contributed by atoms with Crippen molar-refractivity contribution in [3.05, 3.63) is 41.4 Å². The van der Waals surface area contributed by atoms with Gasteiger partial charge in [0, 0.05) is 37.0 Å². The summed E-state index contributed by atoms with van der Waals surface area (Å²) in [4.78, 5) is 41.9. The number of rotatable bonds is 4. The monoisotopic (exact) mass is 327 g/mol. The van der Waals surface area contributed by atoms with Crippen LogP contribution in [0.4, 0.5) is 0 Å². The average Bonchev–Trinajstić information content (AvgIpc) is 3.24. The Morgan fingerprint density at radius 1 is 1.17 bits per heavy atom. The van der Waals surface area contributed by atoms with Crippen LogP contribution in [0.1, 0.15) is 31.4 Å². The molecule has 1 aromatic heterocycles. The Hall–Kier alpha value is -2.83. The van der Waals surface area contributed by atoms with Gasteiger partial charge in [-0.3, -0.25) is 9.59 Å². The van der Waals surface area contributed by atoms with E-state index in [1.165, 1.54) is 5.69 Å². The van der Waals surface area contributed by atoms with Crippen LogP contribution in [0.5, 0.6) is 0 Å². The minimum absolute atomic E-state index is 0.112. The van der Waals surface area contributed by atoms with E-state index in [-0.39, 0.29) is 19.3 Å². The molecule has 0 spiro atoms. The van der Waals surface area contributed by atoms with Crippen LogP contribution in [0.2, 0.25) is 0 Å². The van der Waals surface area contributed by atoms with Crippen LogP contribution in [0.25, 0.3) is 6.08 Å². The van der Waals surface area contributed by atoms with Gasteiger partial charge in [-0.05, 0) is 36.3 Å². The van der Waals surface area contributed by atoms with Gasteiger partial charge >= 0.3 is 5.97 Å². The highest BCUT2D eigenvalue weighted by molar-refractivity contribution is 6.01. The van der Waals surface area contributed by atoms with Gasteiger partial charge in [-0.15, -0.1) is 5.06 Å². The van der Waals surface area contributed by atoms with Crippen molar-refractivity contribution in [3.8, 4) is 0 Å². The predicted octanol–water partition coefficient (Wildman–Crippen LogP) is 1.43. The van der Waals surface area contributed by atoms with Crippen LogP contribution >= 0.6 is 0 Å². The Balaban J connectivity index is 1.34. The molecule has 7 heteroatoms. The smallest absolute Gasteiger partial charge is 0.333 e. The van der Waals surface area contributed by atoms with Crippen molar-refractivity contribution in [3.63, 3.8) is 0 Å². The van der Waals surface area contributed by atoms with Crippen molar-refractivity contribution >= 4 is 23.9 Å². The Morgan fingerprint density at radius 2 is 1.96 bits per heavy atom. The zero-order chi connectivity index (χ0) is 16.7. The number of hydrogen-bond donors (Lipinski definition) is 0. The number of hydroxylamine groups is 2. The van der Waals surface area contributed by atoms with E-state index in [1.54, 1.807) is 0 Å². The van der Waals surface area contributed by atoms with E-state index in [2.05, 4.69) is 27.7 Å². The predicted molar refractivity (Wildman–Crippen MR) is 83.6 cm³/mol. The highest BCUT2D eigenvalue weighted by Crippen LogP contribution is 2.29. The molecule has 0 N–H and O–H groups in total. The molecule has 1 fully saturated rings. The van der Waals surface area contributed by atoms with Gasteiger partial charge in [0.05, 0.1) is 13.1 Å². The van der Waals surface area contributed by atoms with Crippen molar-refractivity contribution in [2.24, 2.45) is 0 Å². The summed E-state index contributed by atoms with van der Waals surface area (Å²) in [5.41, 5.74) is 3.46. The first kappa shape index (κ1) is 14.7. The Morgan fingerprint density at radius 3 is 2.75 bits per heavy atom. The maximum Gasteiger partial charge on any atom is 0.333 e. The zero-order valence-electron chi connectivity index (χ0n) is 13.1. The van der Waals surface area contributed by atoms with Gasteiger partial charge < -0.3 is 14.3 Å². The van der Waals surface area contributed by atoms with Gasteiger partial charge in [0.15, 0.2) is 0 Å². The lowest BCUT2D eigenvalue weighted by Gasteiger charge is -2.26. The number of fused-ring (bicyclic) bond motifs is 2. The van der Waals surface area contributed by atoms with E-state index in [1.807, 2.05) is 12.3 Å². The fourth-order valence-corrected chi connectivity index (χ4v) is 3.19. The van der Waals surface area contributed by atoms with Crippen LogP contribution in [-0.2, 0) is 25.9 Å². The topological polar surface area (TPSA) is 71.8 Å². The zero-order valence-corrected chi connectivity index (χ0v) is 13.1. The molecule has 0 aromatic carbocycles. The number of carbonyl (C=O) groups excluding carboxylic acids is 3. The molecule has 0 aliphatic carbocycles. The molecular formula is C17H17N3O4. The summed E-state index contributed by atoms with van der Waals surface area (Å²) in [6.45, 7) is 1.58. The Bertz CT molecular complexity index is 774. The van der Waals surface area contributed by atoms with Crippen LogP contribution in [0, 0.1) is 0 Å². The van der Waals surface area contributed by atoms with Crippen LogP contribution in [0.15, 0.2) is 35.7 Å². The third kappa shape index (κ3) is 2.62. The number of carbonyl (C=O) groups is 3. The first-order chi connectivity index (χ1) is 11.6. The lowest BCUT2D eigenvalue weighted by atomic mass is 10.1. The second-order valence-corrected chi connectivity index (χ2v) is 6.16. The standard InChI is InChI=1S/C17H17N3O4/c21-15-4-5-16(22)20(15)24-17(23)6-3-12-8-14-9-13-2-1-7-18(13)11-19(14)10-12/h1-2,7-9H,3-6,10-11H2. The van der Waals surface area contributed by atoms with E-state index in [0.29, 0.717) is 11.5 Å². The van der Waals surface area contributed by atoms with Crippen molar-refractivity contribution in [1.29, 1.82) is 0 Å². The summed E-state index contributed by atoms with van der Waals surface area (Å²) in [7, 11) is 0. The average molecular weight is 327 g/mol. The normalized spacial score (nSPS) is 19.2. The maximum atomic E-state index is 11.9. The SMILES string of the molecule is O=C(CCC1=CC2=Cc3cccn3CN2C1)ON1C(=O)CCC1=O. The van der Waals surface area contributed by atoms with E-state index in [0.717, 1.165) is 24.5 Å². The summed E-state index contributed by atoms with van der Waals surface area (Å²) in [5.74, 6) is -1.44. The molecule has 3 aliphatic heterocycles. The second kappa shape index (κ2) is 5.67. The third-order valence-corrected chi connectivity index (χ3v) is 4.44. The quantitative estimate of drug-likeness (QED) is 0.782. The number of imide groups is 1. The molecular weight excluding hydrogens is 310 g/mol. The molecule has 7 nitrogen and oxygen atoms in total. The number of aromatic nitrogens is 1. The van der Waals surface area contributed by atoms with Gasteiger partial charge in [-0.2, -0.15) is 0 Å². The van der Waals surface area contributed by atoms with Crippen molar-refractivity contribution in [2.75, 3.05) is 6.54 Å². The molecule has 24 heavy (non-hydrogen) atoms. The third-order valence-electron chi connectivity index (χ3n) is 4.44. The molecule has 0 atom stereocenters. The van der Waals surface area contributed by atoms with Crippen molar-refractivity contribution in [2.45, 2.75) is 32.4 Å². The molecule has 0 radical (unpaired) electrons. The summed E-state index contributed by atoms with van der Waals surface area (Å²) < 4.78 is 2.17. The second-order valence-electron chi connectivity index (χ2n) is 6.16. The molecule has 2 amide bonds. The van der Waals surface area contributed by atoms with Gasteiger partial charge in [0.25, 0.3) is 11.8 Å². The van der Waals surface area contributed by atoms with Gasteiger partial charge in [0.2, 0.25) is 0 Å². The minimum atomic E-state index is -0.551. The summed E-state index contributed by atoms with van der Waals surface area (Å²) in [5, 5.41) is 0.602. The van der Waals surface area contributed by atoms with Crippen LogP contribution in [-0.4, -0.2) is 38.9 Å². The highest BCUT2D eigenvalue weighted by atomic mass is 16.7. The van der Waals surface area contributed by atoms with E-state index >= 15 is 0 Å². The minimum Gasteiger partial charge on any atom is -0.349 e. The summed E-state index contributed by atoms with van der Waals surface area (Å²) >= 11 is 0. The maximum absolute atomic E-state index is 11.9. The fraction of sp³-hybridized carbons (Fsp3) is 0.353. The Labute approximate surface area is 138 Å². The van der Waals surface area contributed by atoms with Crippen LogP contribution in [0.3, 0.4) is 0 Å².